The van der Waals surface area contributed by atoms with Gasteiger partial charge < -0.3 is 0 Å². The number of pyridine rings is 1. The van der Waals surface area contributed by atoms with E-state index in [1.54, 1.807) is 0 Å². The van der Waals surface area contributed by atoms with E-state index in [1.165, 1.54) is 19.3 Å². The molecule has 2 aliphatic rings. The minimum atomic E-state index is 0.686. The van der Waals surface area contributed by atoms with Crippen LogP contribution in [0.1, 0.15) is 25.3 Å². The highest BCUT2D eigenvalue weighted by Gasteiger charge is 2.40. The highest BCUT2D eigenvalue weighted by atomic mass is 127. The molecule has 84 valence electrons. The maximum absolute atomic E-state index is 2.65. The van der Waals surface area contributed by atoms with Crippen LogP contribution in [0, 0.1) is 11.8 Å². The molecule has 0 amide bonds. The zero-order valence-electron chi connectivity index (χ0n) is 9.30. The molecule has 2 aliphatic carbocycles. The lowest BCUT2D eigenvalue weighted by Gasteiger charge is -2.32. The van der Waals surface area contributed by atoms with E-state index in [4.69, 9.17) is 0 Å². The van der Waals surface area contributed by atoms with Gasteiger partial charge in [0.05, 0.1) is 3.92 Å². The van der Waals surface area contributed by atoms with Crippen molar-refractivity contribution in [1.82, 2.24) is 0 Å². The summed E-state index contributed by atoms with van der Waals surface area (Å²) >= 11 is 2.65. The predicted octanol–water partition coefficient (Wildman–Crippen LogP) is 3.30. The molecule has 0 radical (unpaired) electrons. The molecule has 0 aromatic carbocycles. The van der Waals surface area contributed by atoms with Gasteiger partial charge >= 0.3 is 0 Å². The van der Waals surface area contributed by atoms with Crippen LogP contribution in [-0.4, -0.2) is 3.92 Å². The summed E-state index contributed by atoms with van der Waals surface area (Å²) in [7, 11) is 0. The zero-order chi connectivity index (χ0) is 11.0. The summed E-state index contributed by atoms with van der Waals surface area (Å²) in [6.45, 7) is 0. The smallest absolute Gasteiger partial charge is 0.170 e. The Morgan fingerprint density at radius 2 is 1.88 bits per heavy atom. The van der Waals surface area contributed by atoms with E-state index in [0.717, 1.165) is 15.8 Å². The van der Waals surface area contributed by atoms with Gasteiger partial charge in [0, 0.05) is 18.6 Å². The van der Waals surface area contributed by atoms with Gasteiger partial charge in [0.1, 0.15) is 0 Å². The molecule has 1 aromatic rings. The third kappa shape index (κ3) is 1.92. The largest absolute Gasteiger partial charge is 0.201 e. The van der Waals surface area contributed by atoms with Crippen LogP contribution >= 0.6 is 22.6 Å². The quantitative estimate of drug-likeness (QED) is 0.323. The number of halogens is 1. The molecule has 0 unspecified atom stereocenters. The molecule has 1 saturated carbocycles. The first-order valence-electron chi connectivity index (χ1n) is 6.11. The van der Waals surface area contributed by atoms with Gasteiger partial charge in [-0.3, -0.25) is 0 Å². The average molecular weight is 326 g/mol. The van der Waals surface area contributed by atoms with Gasteiger partial charge in [-0.05, 0) is 24.7 Å². The standard InChI is InChI=1S/C14H17IN/c15-13-9-11-5-4-6-12(11)10-14(13)16-7-2-1-3-8-16/h1-4,6-8,11-14H,5,9-10H2/q+1/t11-,12+,13+,14-/m1/s1. The molecule has 2 heteroatoms. The molecule has 1 fully saturated rings. The van der Waals surface area contributed by atoms with E-state index in [0.29, 0.717) is 6.04 Å². The van der Waals surface area contributed by atoms with Crippen LogP contribution in [0.15, 0.2) is 42.7 Å². The lowest BCUT2D eigenvalue weighted by atomic mass is 9.79. The van der Waals surface area contributed by atoms with Crippen LogP contribution in [0.25, 0.3) is 0 Å². The molecule has 1 aromatic heterocycles. The van der Waals surface area contributed by atoms with Crippen molar-refractivity contribution in [2.24, 2.45) is 11.8 Å². The fraction of sp³-hybridized carbons (Fsp3) is 0.500. The van der Waals surface area contributed by atoms with Crippen LogP contribution in [-0.2, 0) is 0 Å². The normalized spacial score (nSPS) is 37.3. The number of hydrogen-bond donors (Lipinski definition) is 0. The molecule has 0 bridgehead atoms. The monoisotopic (exact) mass is 326 g/mol. The Morgan fingerprint density at radius 1 is 1.06 bits per heavy atom. The Bertz CT molecular complexity index is 387. The lowest BCUT2D eigenvalue weighted by molar-refractivity contribution is -0.724. The Hall–Kier alpha value is -0.380. The van der Waals surface area contributed by atoms with Gasteiger partial charge in [0.15, 0.2) is 18.4 Å². The van der Waals surface area contributed by atoms with Crippen molar-refractivity contribution in [1.29, 1.82) is 0 Å². The van der Waals surface area contributed by atoms with Gasteiger partial charge in [0.25, 0.3) is 0 Å². The summed E-state index contributed by atoms with van der Waals surface area (Å²) in [6, 6.07) is 7.06. The van der Waals surface area contributed by atoms with Crippen molar-refractivity contribution in [3.8, 4) is 0 Å². The van der Waals surface area contributed by atoms with Crippen molar-refractivity contribution in [3.05, 3.63) is 42.7 Å². The molecule has 1 heterocycles. The fourth-order valence-electron chi connectivity index (χ4n) is 3.12. The van der Waals surface area contributed by atoms with Crippen LogP contribution in [0.2, 0.25) is 0 Å². The number of allylic oxidation sites excluding steroid dienone is 2. The molecule has 0 aliphatic heterocycles. The molecule has 4 atom stereocenters. The molecular weight excluding hydrogens is 309 g/mol. The van der Waals surface area contributed by atoms with E-state index in [-0.39, 0.29) is 0 Å². The maximum Gasteiger partial charge on any atom is 0.170 e. The van der Waals surface area contributed by atoms with E-state index >= 15 is 0 Å². The van der Waals surface area contributed by atoms with Crippen LogP contribution in [0.5, 0.6) is 0 Å². The first-order valence-corrected chi connectivity index (χ1v) is 7.35. The Morgan fingerprint density at radius 3 is 2.69 bits per heavy atom. The van der Waals surface area contributed by atoms with Gasteiger partial charge in [-0.1, -0.05) is 40.8 Å². The highest BCUT2D eigenvalue weighted by molar-refractivity contribution is 14.1. The van der Waals surface area contributed by atoms with Crippen molar-refractivity contribution < 1.29 is 4.57 Å². The van der Waals surface area contributed by atoms with Crippen LogP contribution < -0.4 is 4.57 Å². The summed E-state index contributed by atoms with van der Waals surface area (Å²) in [5.74, 6) is 1.77. The number of fused-ring (bicyclic) bond motifs is 1. The molecule has 0 N–H and O–H groups in total. The number of nitrogens with zero attached hydrogens (tertiary/aromatic N) is 1. The number of aromatic nitrogens is 1. The van der Waals surface area contributed by atoms with Crippen molar-refractivity contribution >= 4 is 22.6 Å². The fourth-order valence-corrected chi connectivity index (χ4v) is 4.43. The second-order valence-electron chi connectivity index (χ2n) is 4.97. The predicted molar refractivity (Wildman–Crippen MR) is 73.5 cm³/mol. The third-order valence-electron chi connectivity index (χ3n) is 4.01. The minimum absolute atomic E-state index is 0.686. The molecule has 16 heavy (non-hydrogen) atoms. The number of hydrogen-bond acceptors (Lipinski definition) is 0. The number of rotatable bonds is 1. The van der Waals surface area contributed by atoms with Crippen molar-refractivity contribution in [2.45, 2.75) is 29.2 Å². The number of alkyl halides is 1. The SMILES string of the molecule is I[C@H]1C[C@H]2CC=C[C@H]2C[C@H]1[n+]1ccccc1. The van der Waals surface area contributed by atoms with Gasteiger partial charge in [-0.15, -0.1) is 0 Å². The van der Waals surface area contributed by atoms with Gasteiger partial charge in [-0.2, -0.15) is 0 Å². The highest BCUT2D eigenvalue weighted by Crippen LogP contribution is 2.43. The Balaban J connectivity index is 1.83. The zero-order valence-corrected chi connectivity index (χ0v) is 11.5. The average Bonchev–Trinajstić information content (AvgIpc) is 2.76. The van der Waals surface area contributed by atoms with E-state index < -0.39 is 0 Å². The van der Waals surface area contributed by atoms with Gasteiger partial charge in [-0.25, -0.2) is 4.57 Å². The first kappa shape index (κ1) is 10.8. The Labute approximate surface area is 111 Å². The maximum atomic E-state index is 2.65. The summed E-state index contributed by atoms with van der Waals surface area (Å²) in [5, 5.41) is 0. The summed E-state index contributed by atoms with van der Waals surface area (Å²) < 4.78 is 3.19. The molecule has 1 nitrogen and oxygen atoms in total. The summed E-state index contributed by atoms with van der Waals surface area (Å²) in [6.07, 6.45) is 13.3. The third-order valence-corrected chi connectivity index (χ3v) is 5.35. The van der Waals surface area contributed by atoms with Gasteiger partial charge in [0.2, 0.25) is 0 Å². The molecule has 3 rings (SSSR count). The van der Waals surface area contributed by atoms with Crippen LogP contribution in [0.4, 0.5) is 0 Å². The summed E-state index contributed by atoms with van der Waals surface area (Å²) in [5.41, 5.74) is 0. The summed E-state index contributed by atoms with van der Waals surface area (Å²) in [4.78, 5) is 0. The Kier molecular flexibility index (Phi) is 3.01. The second kappa shape index (κ2) is 4.47. The lowest BCUT2D eigenvalue weighted by Crippen LogP contribution is -2.47. The first-order chi connectivity index (χ1) is 7.84. The van der Waals surface area contributed by atoms with Crippen molar-refractivity contribution in [2.75, 3.05) is 0 Å². The van der Waals surface area contributed by atoms with E-state index in [9.17, 15) is 0 Å². The topological polar surface area (TPSA) is 3.88 Å². The van der Waals surface area contributed by atoms with Crippen molar-refractivity contribution in [3.63, 3.8) is 0 Å². The van der Waals surface area contributed by atoms with E-state index in [1.807, 2.05) is 0 Å². The van der Waals surface area contributed by atoms with Crippen LogP contribution in [0.3, 0.4) is 0 Å². The second-order valence-corrected chi connectivity index (χ2v) is 6.57. The molecular formula is C14H17IN+. The van der Waals surface area contributed by atoms with E-state index in [2.05, 4.69) is 69.9 Å². The molecule has 0 spiro atoms. The molecule has 0 saturated heterocycles. The minimum Gasteiger partial charge on any atom is -0.201 e.